The van der Waals surface area contributed by atoms with Gasteiger partial charge >= 0.3 is 27.0 Å². The molecule has 1 aromatic carbocycles. The van der Waals surface area contributed by atoms with Gasteiger partial charge < -0.3 is 0 Å². The molecule has 0 saturated heterocycles. The van der Waals surface area contributed by atoms with Crippen LogP contribution in [0.5, 0.6) is 0 Å². The van der Waals surface area contributed by atoms with Crippen LogP contribution in [0, 0.1) is 6.07 Å². The van der Waals surface area contributed by atoms with Gasteiger partial charge in [-0.05, 0) is 0 Å². The van der Waals surface area contributed by atoms with E-state index in [1.165, 1.54) is 5.56 Å². The van der Waals surface area contributed by atoms with Gasteiger partial charge in [-0.1, -0.05) is 13.3 Å². The van der Waals surface area contributed by atoms with Gasteiger partial charge in [0.2, 0.25) is 0 Å². The number of benzene rings is 1. The fourth-order valence-corrected chi connectivity index (χ4v) is 0.657. The molecular formula is C8H9ClZn. The number of hydrogen-bond donors (Lipinski definition) is 0. The van der Waals surface area contributed by atoms with E-state index in [9.17, 15) is 0 Å². The molecule has 1 aromatic rings. The summed E-state index contributed by atoms with van der Waals surface area (Å²) >= 11 is 0.847. The van der Waals surface area contributed by atoms with Gasteiger partial charge in [0.25, 0.3) is 0 Å². The van der Waals surface area contributed by atoms with Gasteiger partial charge in [0.05, 0.1) is 0 Å². The molecule has 2 heteroatoms. The van der Waals surface area contributed by atoms with E-state index >= 15 is 0 Å². The summed E-state index contributed by atoms with van der Waals surface area (Å²) in [7, 11) is 4.76. The van der Waals surface area contributed by atoms with Gasteiger partial charge in [-0.2, -0.15) is 35.9 Å². The third-order valence-corrected chi connectivity index (χ3v) is 1.20. The van der Waals surface area contributed by atoms with Crippen LogP contribution in [0.4, 0.5) is 0 Å². The van der Waals surface area contributed by atoms with Gasteiger partial charge in [0.15, 0.2) is 0 Å². The third-order valence-electron chi connectivity index (χ3n) is 1.20. The van der Waals surface area contributed by atoms with Gasteiger partial charge in [0, 0.05) is 0 Å². The number of rotatable bonds is 1. The maximum absolute atomic E-state index is 4.76. The number of halogens is 1. The second-order valence-electron chi connectivity index (χ2n) is 1.76. The zero-order chi connectivity index (χ0) is 7.82. The van der Waals surface area contributed by atoms with Crippen molar-refractivity contribution in [3.8, 4) is 0 Å². The van der Waals surface area contributed by atoms with Crippen LogP contribution in [0.3, 0.4) is 0 Å². The van der Waals surface area contributed by atoms with Crippen molar-refractivity contribution in [3.63, 3.8) is 0 Å². The van der Waals surface area contributed by atoms with Crippen molar-refractivity contribution in [3.05, 3.63) is 35.9 Å². The average molecular weight is 206 g/mol. The van der Waals surface area contributed by atoms with Crippen LogP contribution in [-0.2, 0) is 23.7 Å². The van der Waals surface area contributed by atoms with Gasteiger partial charge in [-0.25, -0.2) is 0 Å². The fraction of sp³-hybridized carbons (Fsp3) is 0.250. The molecule has 0 unspecified atom stereocenters. The molecular weight excluding hydrogens is 197 g/mol. The Bertz CT molecular complexity index is 151. The first-order valence-corrected chi connectivity index (χ1v) is 7.05. The Labute approximate surface area is 76.3 Å². The summed E-state index contributed by atoms with van der Waals surface area (Å²) in [6.07, 6.45) is 1.12. The first-order chi connectivity index (χ1) is 4.93. The van der Waals surface area contributed by atoms with Crippen molar-refractivity contribution in [2.75, 3.05) is 0 Å². The summed E-state index contributed by atoms with van der Waals surface area (Å²) in [6.45, 7) is 2.15. The van der Waals surface area contributed by atoms with Crippen molar-refractivity contribution >= 4 is 9.69 Å². The SMILES string of the molecule is CCc1cc[c-]cc1.[Cl][Zn+]. The normalized spacial score (nSPS) is 8.00. The molecule has 1 rings (SSSR count). The Kier molecular flexibility index (Phi) is 7.34. The summed E-state index contributed by atoms with van der Waals surface area (Å²) in [5, 5.41) is 0. The van der Waals surface area contributed by atoms with Crippen LogP contribution in [-0.4, -0.2) is 0 Å². The molecule has 0 saturated carbocycles. The van der Waals surface area contributed by atoms with E-state index in [4.69, 9.17) is 9.69 Å². The number of aryl methyl sites for hydroxylation is 1. The summed E-state index contributed by atoms with van der Waals surface area (Å²) in [5.41, 5.74) is 1.38. The van der Waals surface area contributed by atoms with Gasteiger partial charge in [-0.3, -0.25) is 0 Å². The summed E-state index contributed by atoms with van der Waals surface area (Å²) < 4.78 is 0. The van der Waals surface area contributed by atoms with Crippen molar-refractivity contribution in [1.29, 1.82) is 0 Å². The van der Waals surface area contributed by atoms with Crippen LogP contribution in [0.15, 0.2) is 24.3 Å². The van der Waals surface area contributed by atoms with E-state index in [1.807, 2.05) is 12.1 Å². The monoisotopic (exact) mass is 204 g/mol. The third kappa shape index (κ3) is 4.03. The van der Waals surface area contributed by atoms with Crippen molar-refractivity contribution in [2.45, 2.75) is 13.3 Å². The Morgan fingerprint density at radius 2 is 1.90 bits per heavy atom. The number of hydrogen-bond acceptors (Lipinski definition) is 0. The second kappa shape index (κ2) is 7.24. The predicted molar refractivity (Wildman–Crippen MR) is 40.5 cm³/mol. The zero-order valence-electron chi connectivity index (χ0n) is 6.10. The van der Waals surface area contributed by atoms with E-state index in [0.29, 0.717) is 0 Å². The van der Waals surface area contributed by atoms with Crippen LogP contribution in [0.2, 0.25) is 0 Å². The summed E-state index contributed by atoms with van der Waals surface area (Å²) in [5.74, 6) is 0. The first-order valence-electron chi connectivity index (χ1n) is 3.15. The molecule has 0 radical (unpaired) electrons. The molecule has 0 heterocycles. The molecule has 0 aliphatic heterocycles. The molecule has 0 aliphatic rings. The minimum absolute atomic E-state index is 0.847. The summed E-state index contributed by atoms with van der Waals surface area (Å²) in [6, 6.07) is 11.0. The van der Waals surface area contributed by atoms with Crippen molar-refractivity contribution in [2.24, 2.45) is 0 Å². The Balaban J connectivity index is 0.000000371. The molecule has 0 fully saturated rings. The first kappa shape index (κ1) is 10.1. The molecule has 0 nitrogen and oxygen atoms in total. The standard InChI is InChI=1S/C8H9.ClH.Zn/c1-2-8-6-4-3-5-7-8;;/h4-7H,2H2,1H3;1H;/q-1;;+2/p-1. The topological polar surface area (TPSA) is 0 Å². The van der Waals surface area contributed by atoms with Crippen LogP contribution in [0.1, 0.15) is 12.5 Å². The van der Waals surface area contributed by atoms with E-state index in [-0.39, 0.29) is 0 Å². The van der Waals surface area contributed by atoms with Crippen LogP contribution in [0.25, 0.3) is 0 Å². The second-order valence-corrected chi connectivity index (χ2v) is 1.76. The van der Waals surface area contributed by atoms with E-state index in [0.717, 1.165) is 23.7 Å². The molecule has 10 heavy (non-hydrogen) atoms. The average Bonchev–Trinajstić information content (AvgIpc) is 2.10. The molecule has 0 aromatic heterocycles. The van der Waals surface area contributed by atoms with E-state index in [2.05, 4.69) is 25.1 Å². The predicted octanol–water partition coefficient (Wildman–Crippen LogP) is 2.74. The van der Waals surface area contributed by atoms with E-state index < -0.39 is 0 Å². The molecule has 0 spiro atoms. The minimum atomic E-state index is 0.847. The van der Waals surface area contributed by atoms with Crippen LogP contribution < -0.4 is 0 Å². The van der Waals surface area contributed by atoms with Crippen LogP contribution >= 0.6 is 9.69 Å². The van der Waals surface area contributed by atoms with Gasteiger partial charge in [-0.15, -0.1) is 0 Å². The maximum atomic E-state index is 4.76. The molecule has 0 N–H and O–H groups in total. The Morgan fingerprint density at radius 1 is 1.40 bits per heavy atom. The van der Waals surface area contributed by atoms with Crippen molar-refractivity contribution < 1.29 is 17.3 Å². The molecule has 0 atom stereocenters. The Hall–Kier alpha value is 0.133. The van der Waals surface area contributed by atoms with Crippen molar-refractivity contribution in [1.82, 2.24) is 0 Å². The molecule has 0 aliphatic carbocycles. The zero-order valence-corrected chi connectivity index (χ0v) is 9.82. The Morgan fingerprint density at radius 3 is 2.20 bits per heavy atom. The summed E-state index contributed by atoms with van der Waals surface area (Å²) in [4.78, 5) is 0. The molecule has 50 valence electrons. The fourth-order valence-electron chi connectivity index (χ4n) is 0.657. The quantitative estimate of drug-likeness (QED) is 0.489. The molecule has 0 amide bonds. The van der Waals surface area contributed by atoms with Gasteiger partial charge in [0.1, 0.15) is 0 Å². The van der Waals surface area contributed by atoms with E-state index in [1.54, 1.807) is 0 Å². The molecule has 0 bridgehead atoms.